The van der Waals surface area contributed by atoms with Crippen LogP contribution in [0.5, 0.6) is 11.5 Å². The third-order valence-electron chi connectivity index (χ3n) is 3.63. The summed E-state index contributed by atoms with van der Waals surface area (Å²) in [5, 5.41) is 0. The number of ether oxygens (including phenoxy) is 2. The molecule has 0 spiro atoms. The third kappa shape index (κ3) is 2.25. The zero-order valence-electron chi connectivity index (χ0n) is 11.6. The van der Waals surface area contributed by atoms with Gasteiger partial charge in [-0.25, -0.2) is 0 Å². The van der Waals surface area contributed by atoms with Gasteiger partial charge in [-0.3, -0.25) is 0 Å². The minimum absolute atomic E-state index is 0.231. The number of rotatable bonds is 4. The van der Waals surface area contributed by atoms with Gasteiger partial charge in [0.05, 0.1) is 19.3 Å². The highest BCUT2D eigenvalue weighted by molar-refractivity contribution is 5.50. The summed E-state index contributed by atoms with van der Waals surface area (Å²) < 4.78 is 11.4. The lowest BCUT2D eigenvalue weighted by Crippen LogP contribution is -2.14. The Morgan fingerprint density at radius 3 is 2.80 bits per heavy atom. The van der Waals surface area contributed by atoms with Crippen molar-refractivity contribution in [3.63, 3.8) is 0 Å². The molecule has 1 aliphatic heterocycles. The van der Waals surface area contributed by atoms with Gasteiger partial charge in [0.25, 0.3) is 0 Å². The first-order chi connectivity index (χ1) is 9.81. The Balaban J connectivity index is 2.01. The number of benzene rings is 2. The summed E-state index contributed by atoms with van der Waals surface area (Å²) in [6, 6.07) is 13.9. The van der Waals surface area contributed by atoms with Crippen molar-refractivity contribution < 1.29 is 9.47 Å². The van der Waals surface area contributed by atoms with Crippen LogP contribution in [0.25, 0.3) is 0 Å². The van der Waals surface area contributed by atoms with E-state index in [-0.39, 0.29) is 6.04 Å². The van der Waals surface area contributed by atoms with E-state index in [4.69, 9.17) is 15.2 Å². The zero-order chi connectivity index (χ0) is 13.9. The number of fused-ring (bicyclic) bond motifs is 1. The van der Waals surface area contributed by atoms with Crippen molar-refractivity contribution in [3.8, 4) is 11.5 Å². The molecule has 3 rings (SSSR count). The molecule has 2 N–H and O–H groups in total. The quantitative estimate of drug-likeness (QED) is 0.927. The van der Waals surface area contributed by atoms with E-state index in [9.17, 15) is 0 Å². The Bertz CT molecular complexity index is 610. The molecule has 0 radical (unpaired) electrons. The average molecular weight is 269 g/mol. The largest absolute Gasteiger partial charge is 0.494 e. The van der Waals surface area contributed by atoms with E-state index in [0.717, 1.165) is 35.7 Å². The smallest absolute Gasteiger partial charge is 0.127 e. The molecule has 1 unspecified atom stereocenters. The van der Waals surface area contributed by atoms with Gasteiger partial charge < -0.3 is 15.2 Å². The summed E-state index contributed by atoms with van der Waals surface area (Å²) in [7, 11) is 0. The van der Waals surface area contributed by atoms with Crippen molar-refractivity contribution in [2.45, 2.75) is 19.4 Å². The fourth-order valence-corrected chi connectivity index (χ4v) is 2.68. The normalized spacial score (nSPS) is 14.5. The number of hydrogen-bond acceptors (Lipinski definition) is 3. The first-order valence-corrected chi connectivity index (χ1v) is 7.03. The van der Waals surface area contributed by atoms with Crippen molar-refractivity contribution in [1.82, 2.24) is 0 Å². The predicted octanol–water partition coefficient (Wildman–Crippen LogP) is 3.07. The summed E-state index contributed by atoms with van der Waals surface area (Å²) in [5.41, 5.74) is 9.74. The Hall–Kier alpha value is -2.00. The Labute approximate surface area is 119 Å². The molecule has 0 fully saturated rings. The molecule has 0 bridgehead atoms. The summed E-state index contributed by atoms with van der Waals surface area (Å²) in [5.74, 6) is 1.80. The van der Waals surface area contributed by atoms with Crippen LogP contribution >= 0.6 is 0 Å². The summed E-state index contributed by atoms with van der Waals surface area (Å²) in [4.78, 5) is 0. The monoisotopic (exact) mass is 269 g/mol. The first kappa shape index (κ1) is 13.0. The van der Waals surface area contributed by atoms with Gasteiger partial charge in [-0.2, -0.15) is 0 Å². The highest BCUT2D eigenvalue weighted by Gasteiger charge is 2.22. The Kier molecular flexibility index (Phi) is 3.61. The molecule has 1 heterocycles. The van der Waals surface area contributed by atoms with E-state index in [1.54, 1.807) is 0 Å². The molecular formula is C17H19NO2. The molecule has 0 amide bonds. The summed E-state index contributed by atoms with van der Waals surface area (Å²) in [6.45, 7) is 3.35. The van der Waals surface area contributed by atoms with Crippen LogP contribution in [0.2, 0.25) is 0 Å². The van der Waals surface area contributed by atoms with Crippen molar-refractivity contribution in [2.24, 2.45) is 5.73 Å². The molecule has 0 aliphatic carbocycles. The van der Waals surface area contributed by atoms with Gasteiger partial charge in [0.1, 0.15) is 11.5 Å². The maximum Gasteiger partial charge on any atom is 0.127 e. The second-order valence-electron chi connectivity index (χ2n) is 4.88. The molecule has 20 heavy (non-hydrogen) atoms. The second-order valence-corrected chi connectivity index (χ2v) is 4.88. The molecule has 0 saturated carbocycles. The van der Waals surface area contributed by atoms with Gasteiger partial charge in [-0.15, -0.1) is 0 Å². The van der Waals surface area contributed by atoms with Gasteiger partial charge in [-0.05, 0) is 18.6 Å². The summed E-state index contributed by atoms with van der Waals surface area (Å²) in [6.07, 6.45) is 0.961. The van der Waals surface area contributed by atoms with Crippen molar-refractivity contribution >= 4 is 0 Å². The van der Waals surface area contributed by atoms with E-state index in [0.29, 0.717) is 6.61 Å². The molecule has 104 valence electrons. The van der Waals surface area contributed by atoms with Crippen LogP contribution in [0.4, 0.5) is 0 Å². The predicted molar refractivity (Wildman–Crippen MR) is 79.3 cm³/mol. The van der Waals surface area contributed by atoms with E-state index in [1.165, 1.54) is 5.56 Å². The lowest BCUT2D eigenvalue weighted by Gasteiger charge is -2.19. The molecule has 2 aromatic rings. The van der Waals surface area contributed by atoms with Crippen molar-refractivity contribution in [2.75, 3.05) is 13.2 Å². The fraction of sp³-hybridized carbons (Fsp3) is 0.294. The van der Waals surface area contributed by atoms with Crippen LogP contribution < -0.4 is 15.2 Å². The van der Waals surface area contributed by atoms with Crippen LogP contribution in [-0.4, -0.2) is 13.2 Å². The van der Waals surface area contributed by atoms with Crippen LogP contribution in [0, 0.1) is 0 Å². The van der Waals surface area contributed by atoms with E-state index in [2.05, 4.69) is 6.07 Å². The van der Waals surface area contributed by atoms with Gasteiger partial charge in [0, 0.05) is 17.5 Å². The maximum absolute atomic E-state index is 6.46. The third-order valence-corrected chi connectivity index (χ3v) is 3.63. The van der Waals surface area contributed by atoms with E-state index < -0.39 is 0 Å². The van der Waals surface area contributed by atoms with Crippen molar-refractivity contribution in [1.29, 1.82) is 0 Å². The van der Waals surface area contributed by atoms with Gasteiger partial charge in [0.15, 0.2) is 0 Å². The van der Waals surface area contributed by atoms with Crippen LogP contribution in [0.15, 0.2) is 42.5 Å². The molecule has 0 saturated heterocycles. The van der Waals surface area contributed by atoms with Crippen molar-refractivity contribution in [3.05, 3.63) is 59.2 Å². The molecule has 1 atom stereocenters. The molecule has 2 aromatic carbocycles. The van der Waals surface area contributed by atoms with Gasteiger partial charge in [0.2, 0.25) is 0 Å². The molecule has 0 aromatic heterocycles. The van der Waals surface area contributed by atoms with Crippen LogP contribution in [0.3, 0.4) is 0 Å². The highest BCUT2D eigenvalue weighted by Crippen LogP contribution is 2.37. The van der Waals surface area contributed by atoms with E-state index in [1.807, 2.05) is 43.3 Å². The molecule has 3 heteroatoms. The minimum atomic E-state index is -0.231. The van der Waals surface area contributed by atoms with Gasteiger partial charge in [-0.1, -0.05) is 36.4 Å². The Morgan fingerprint density at radius 1 is 1.15 bits per heavy atom. The lowest BCUT2D eigenvalue weighted by molar-refractivity contribution is 0.334. The van der Waals surface area contributed by atoms with E-state index >= 15 is 0 Å². The Morgan fingerprint density at radius 2 is 1.95 bits per heavy atom. The number of para-hydroxylation sites is 2. The molecule has 1 aliphatic rings. The lowest BCUT2D eigenvalue weighted by atomic mass is 9.96. The number of nitrogens with two attached hydrogens (primary N) is 1. The average Bonchev–Trinajstić information content (AvgIpc) is 2.96. The fourth-order valence-electron chi connectivity index (χ4n) is 2.68. The highest BCUT2D eigenvalue weighted by atomic mass is 16.5. The maximum atomic E-state index is 6.46. The second kappa shape index (κ2) is 5.55. The minimum Gasteiger partial charge on any atom is -0.494 e. The van der Waals surface area contributed by atoms with Gasteiger partial charge >= 0.3 is 0 Å². The first-order valence-electron chi connectivity index (χ1n) is 7.03. The zero-order valence-corrected chi connectivity index (χ0v) is 11.6. The van der Waals surface area contributed by atoms with Crippen LogP contribution in [-0.2, 0) is 6.42 Å². The molecule has 3 nitrogen and oxygen atoms in total. The standard InChI is InChI=1S/C17H19NO2/c1-2-19-15-9-4-3-7-13(15)16(18)14-8-5-6-12-10-11-20-17(12)14/h3-9,16H,2,10-11,18H2,1H3. The molecular weight excluding hydrogens is 250 g/mol. The topological polar surface area (TPSA) is 44.5 Å². The summed E-state index contributed by atoms with van der Waals surface area (Å²) >= 11 is 0. The SMILES string of the molecule is CCOc1ccccc1C(N)c1cccc2c1OCC2. The van der Waals surface area contributed by atoms with Crippen LogP contribution in [0.1, 0.15) is 29.7 Å². The number of hydrogen-bond donors (Lipinski definition) is 1.